The Labute approximate surface area is 139 Å². The molecule has 124 valence electrons. The van der Waals surface area contributed by atoms with Crippen LogP contribution in [0.2, 0.25) is 0 Å². The van der Waals surface area contributed by atoms with Crippen molar-refractivity contribution in [1.82, 2.24) is 24.9 Å². The first-order valence-electron chi connectivity index (χ1n) is 7.90. The fourth-order valence-corrected chi connectivity index (χ4v) is 3.68. The number of carbonyl (C=O) groups is 1. The summed E-state index contributed by atoms with van der Waals surface area (Å²) < 4.78 is 1.89. The van der Waals surface area contributed by atoms with Gasteiger partial charge in [0.1, 0.15) is 5.01 Å². The van der Waals surface area contributed by atoms with Crippen LogP contribution >= 0.6 is 11.3 Å². The van der Waals surface area contributed by atoms with Crippen LogP contribution in [-0.2, 0) is 11.8 Å². The average molecular weight is 334 g/mol. The third-order valence-corrected chi connectivity index (χ3v) is 5.23. The van der Waals surface area contributed by atoms with E-state index in [0.717, 1.165) is 30.1 Å². The van der Waals surface area contributed by atoms with Crippen molar-refractivity contribution < 1.29 is 4.79 Å². The number of amides is 1. The summed E-state index contributed by atoms with van der Waals surface area (Å²) in [4.78, 5) is 14.5. The first kappa shape index (κ1) is 16.1. The molecule has 1 saturated heterocycles. The molecule has 0 saturated carbocycles. The monoisotopic (exact) mass is 334 g/mol. The van der Waals surface area contributed by atoms with E-state index in [9.17, 15) is 4.79 Å². The SMILES string of the molecule is CC(C)c1nnc(NC(=O)CN2CCCC2c2ccnn2C)s1. The van der Waals surface area contributed by atoms with Gasteiger partial charge in [0.05, 0.1) is 18.3 Å². The lowest BCUT2D eigenvalue weighted by atomic mass is 10.1. The summed E-state index contributed by atoms with van der Waals surface area (Å²) in [5.74, 6) is 0.288. The topological polar surface area (TPSA) is 75.9 Å². The Bertz CT molecular complexity index is 679. The van der Waals surface area contributed by atoms with Crippen LogP contribution in [0.3, 0.4) is 0 Å². The number of aromatic nitrogens is 4. The zero-order valence-electron chi connectivity index (χ0n) is 13.7. The van der Waals surface area contributed by atoms with Crippen LogP contribution in [-0.4, -0.2) is 43.9 Å². The first-order valence-corrected chi connectivity index (χ1v) is 8.71. The van der Waals surface area contributed by atoms with Crippen LogP contribution in [0.25, 0.3) is 0 Å². The highest BCUT2D eigenvalue weighted by Crippen LogP contribution is 2.31. The fraction of sp³-hybridized carbons (Fsp3) is 0.600. The molecule has 7 nitrogen and oxygen atoms in total. The molecule has 1 N–H and O–H groups in total. The van der Waals surface area contributed by atoms with Gasteiger partial charge in [-0.3, -0.25) is 19.7 Å². The van der Waals surface area contributed by atoms with E-state index in [1.165, 1.54) is 11.3 Å². The molecular formula is C15H22N6OS. The summed E-state index contributed by atoms with van der Waals surface area (Å²) in [7, 11) is 1.95. The minimum atomic E-state index is -0.0366. The molecule has 3 heterocycles. The van der Waals surface area contributed by atoms with E-state index in [0.29, 0.717) is 17.6 Å². The van der Waals surface area contributed by atoms with E-state index >= 15 is 0 Å². The van der Waals surface area contributed by atoms with Gasteiger partial charge >= 0.3 is 0 Å². The number of nitrogens with one attached hydrogen (secondary N) is 1. The van der Waals surface area contributed by atoms with Gasteiger partial charge in [0.2, 0.25) is 11.0 Å². The lowest BCUT2D eigenvalue weighted by Crippen LogP contribution is -2.33. The molecular weight excluding hydrogens is 312 g/mol. The molecule has 1 amide bonds. The Hall–Kier alpha value is -1.80. The van der Waals surface area contributed by atoms with Gasteiger partial charge < -0.3 is 0 Å². The molecule has 3 rings (SSSR count). The predicted octanol–water partition coefficient (Wildman–Crippen LogP) is 2.17. The zero-order chi connectivity index (χ0) is 16.4. The van der Waals surface area contributed by atoms with Crippen LogP contribution in [0.1, 0.15) is 49.4 Å². The van der Waals surface area contributed by atoms with Gasteiger partial charge in [-0.05, 0) is 25.5 Å². The summed E-state index contributed by atoms with van der Waals surface area (Å²) in [6.45, 7) is 5.42. The Balaban J connectivity index is 1.61. The number of anilines is 1. The molecule has 2 aromatic rings. The summed E-state index contributed by atoms with van der Waals surface area (Å²) in [6.07, 6.45) is 3.96. The van der Waals surface area contributed by atoms with Crippen molar-refractivity contribution in [3.05, 3.63) is 23.0 Å². The Kier molecular flexibility index (Phi) is 4.72. The van der Waals surface area contributed by atoms with Gasteiger partial charge in [0.25, 0.3) is 0 Å². The maximum absolute atomic E-state index is 12.3. The van der Waals surface area contributed by atoms with Gasteiger partial charge in [0.15, 0.2) is 0 Å². The molecule has 1 aliphatic rings. The van der Waals surface area contributed by atoms with Gasteiger partial charge in [-0.2, -0.15) is 5.10 Å². The second-order valence-corrected chi connectivity index (χ2v) is 7.17. The molecule has 23 heavy (non-hydrogen) atoms. The largest absolute Gasteiger partial charge is 0.299 e. The Morgan fingerprint density at radius 3 is 2.96 bits per heavy atom. The van der Waals surface area contributed by atoms with Crippen molar-refractivity contribution in [1.29, 1.82) is 0 Å². The fourth-order valence-electron chi connectivity index (χ4n) is 2.92. The summed E-state index contributed by atoms with van der Waals surface area (Å²) in [5.41, 5.74) is 1.16. The lowest BCUT2D eigenvalue weighted by molar-refractivity contribution is -0.117. The Morgan fingerprint density at radius 2 is 2.30 bits per heavy atom. The minimum Gasteiger partial charge on any atom is -0.299 e. The molecule has 0 radical (unpaired) electrons. The van der Waals surface area contributed by atoms with E-state index in [2.05, 4.69) is 39.4 Å². The first-order chi connectivity index (χ1) is 11.0. The standard InChI is InChI=1S/C15H22N6OS/c1-10(2)14-18-19-15(23-14)17-13(22)9-21-8-4-5-12(21)11-6-7-16-20(11)3/h6-7,10,12H,4-5,8-9H2,1-3H3,(H,17,19,22). The Morgan fingerprint density at radius 1 is 1.48 bits per heavy atom. The van der Waals surface area contributed by atoms with E-state index < -0.39 is 0 Å². The number of likely N-dealkylation sites (tertiary alicyclic amines) is 1. The molecule has 2 aromatic heterocycles. The molecule has 1 aliphatic heterocycles. The second-order valence-electron chi connectivity index (χ2n) is 6.16. The number of nitrogens with zero attached hydrogens (tertiary/aromatic N) is 5. The molecule has 0 spiro atoms. The maximum Gasteiger partial charge on any atom is 0.240 e. The molecule has 0 aliphatic carbocycles. The quantitative estimate of drug-likeness (QED) is 0.907. The second kappa shape index (κ2) is 6.76. The van der Waals surface area contributed by atoms with Crippen molar-refractivity contribution in [2.75, 3.05) is 18.4 Å². The zero-order valence-corrected chi connectivity index (χ0v) is 14.5. The lowest BCUT2D eigenvalue weighted by Gasteiger charge is -2.23. The number of hydrogen-bond donors (Lipinski definition) is 1. The maximum atomic E-state index is 12.3. The van der Waals surface area contributed by atoms with Crippen LogP contribution in [0.15, 0.2) is 12.3 Å². The van der Waals surface area contributed by atoms with E-state index in [4.69, 9.17) is 0 Å². The van der Waals surface area contributed by atoms with Gasteiger partial charge in [-0.15, -0.1) is 10.2 Å². The van der Waals surface area contributed by atoms with Crippen molar-refractivity contribution in [3.63, 3.8) is 0 Å². The average Bonchev–Trinajstić information content (AvgIpc) is 3.20. The summed E-state index contributed by atoms with van der Waals surface area (Å²) in [5, 5.41) is 16.8. The van der Waals surface area contributed by atoms with E-state index in [1.54, 1.807) is 6.20 Å². The molecule has 1 unspecified atom stereocenters. The predicted molar refractivity (Wildman–Crippen MR) is 89.4 cm³/mol. The molecule has 1 fully saturated rings. The highest BCUT2D eigenvalue weighted by Gasteiger charge is 2.29. The van der Waals surface area contributed by atoms with Crippen LogP contribution in [0, 0.1) is 0 Å². The van der Waals surface area contributed by atoms with E-state index in [1.807, 2.05) is 17.8 Å². The number of carbonyl (C=O) groups excluding carboxylic acids is 1. The molecule has 1 atom stereocenters. The van der Waals surface area contributed by atoms with Gasteiger partial charge in [-0.1, -0.05) is 25.2 Å². The molecule has 0 aromatic carbocycles. The highest BCUT2D eigenvalue weighted by atomic mass is 32.1. The number of aryl methyl sites for hydroxylation is 1. The van der Waals surface area contributed by atoms with Crippen molar-refractivity contribution in [3.8, 4) is 0 Å². The molecule has 0 bridgehead atoms. The minimum absolute atomic E-state index is 0.0366. The van der Waals surface area contributed by atoms with Crippen molar-refractivity contribution in [2.45, 2.75) is 38.6 Å². The number of rotatable bonds is 5. The number of hydrogen-bond acceptors (Lipinski definition) is 6. The van der Waals surface area contributed by atoms with Crippen LogP contribution < -0.4 is 5.32 Å². The normalized spacial score (nSPS) is 18.7. The van der Waals surface area contributed by atoms with Crippen LogP contribution in [0.5, 0.6) is 0 Å². The van der Waals surface area contributed by atoms with Crippen molar-refractivity contribution in [2.24, 2.45) is 7.05 Å². The molecule has 8 heteroatoms. The van der Waals surface area contributed by atoms with Gasteiger partial charge in [-0.25, -0.2) is 0 Å². The van der Waals surface area contributed by atoms with Crippen LogP contribution in [0.4, 0.5) is 5.13 Å². The summed E-state index contributed by atoms with van der Waals surface area (Å²) in [6, 6.07) is 2.29. The smallest absolute Gasteiger partial charge is 0.240 e. The van der Waals surface area contributed by atoms with E-state index in [-0.39, 0.29) is 11.9 Å². The summed E-state index contributed by atoms with van der Waals surface area (Å²) >= 11 is 1.44. The van der Waals surface area contributed by atoms with Gasteiger partial charge in [0, 0.05) is 19.2 Å². The highest BCUT2D eigenvalue weighted by molar-refractivity contribution is 7.15. The van der Waals surface area contributed by atoms with Crippen molar-refractivity contribution >= 4 is 22.4 Å². The third kappa shape index (κ3) is 3.59. The third-order valence-electron chi connectivity index (χ3n) is 4.09.